The van der Waals surface area contributed by atoms with Gasteiger partial charge in [-0.3, -0.25) is 14.5 Å². The van der Waals surface area contributed by atoms with Crippen LogP contribution < -0.4 is 4.90 Å². The minimum Gasteiger partial charge on any atom is -0.329 e. The molecule has 1 saturated heterocycles. The number of fused-ring (bicyclic) bond motifs is 3. The van der Waals surface area contributed by atoms with Crippen LogP contribution in [0, 0.1) is 11.3 Å². The van der Waals surface area contributed by atoms with Gasteiger partial charge in [-0.25, -0.2) is 4.90 Å². The Morgan fingerprint density at radius 3 is 2.59 bits per heavy atom. The largest absolute Gasteiger partial charge is 0.329 e. The Hall–Kier alpha value is -3.43. The molecule has 3 heterocycles. The summed E-state index contributed by atoms with van der Waals surface area (Å²) in [6.45, 7) is 1.56. The van der Waals surface area contributed by atoms with E-state index in [-0.39, 0.29) is 24.8 Å². The molecule has 1 atom stereocenters. The number of carbonyl (C=O) groups excluding carboxylic acids is 2. The zero-order valence-corrected chi connectivity index (χ0v) is 15.9. The smallest absolute Gasteiger partial charge is 0.251 e. The van der Waals surface area contributed by atoms with E-state index in [1.807, 2.05) is 41.0 Å². The number of imide groups is 1. The Bertz CT molecular complexity index is 1160. The molecule has 2 aromatic carbocycles. The Morgan fingerprint density at radius 2 is 1.79 bits per heavy atom. The number of para-hydroxylation sites is 2. The van der Waals surface area contributed by atoms with Crippen LogP contribution in [0.1, 0.15) is 17.7 Å². The molecule has 29 heavy (non-hydrogen) atoms. The summed E-state index contributed by atoms with van der Waals surface area (Å²) in [6.07, 6.45) is 0.999. The zero-order valence-electron chi connectivity index (χ0n) is 15.9. The van der Waals surface area contributed by atoms with Crippen LogP contribution >= 0.6 is 0 Å². The molecule has 2 amide bonds. The van der Waals surface area contributed by atoms with Gasteiger partial charge in [0, 0.05) is 29.7 Å². The van der Waals surface area contributed by atoms with Gasteiger partial charge < -0.3 is 4.57 Å². The maximum absolute atomic E-state index is 13.1. The van der Waals surface area contributed by atoms with Gasteiger partial charge in [0.2, 0.25) is 5.91 Å². The molecule has 0 radical (unpaired) electrons. The van der Waals surface area contributed by atoms with Crippen molar-refractivity contribution in [1.82, 2.24) is 9.47 Å². The predicted octanol–water partition coefficient (Wildman–Crippen LogP) is 2.86. The SMILES string of the molecule is N#CCn1c2c(c3ccccc31)CCN([C@H]1CC(=O)N(c3ccccc3)C1=O)C2. The molecule has 0 unspecified atom stereocenters. The molecule has 0 aliphatic carbocycles. The summed E-state index contributed by atoms with van der Waals surface area (Å²) < 4.78 is 2.05. The summed E-state index contributed by atoms with van der Waals surface area (Å²) in [5.74, 6) is -0.317. The van der Waals surface area contributed by atoms with Crippen molar-refractivity contribution in [1.29, 1.82) is 5.26 Å². The maximum Gasteiger partial charge on any atom is 0.251 e. The van der Waals surface area contributed by atoms with E-state index in [4.69, 9.17) is 0 Å². The standard InChI is InChI=1S/C23H20N4O2/c24-11-13-26-19-9-5-4-8-17(19)18-10-12-25(15-21(18)26)20-14-22(28)27(23(20)29)16-6-2-1-3-7-16/h1-9,20H,10,12-15H2/t20-/m0/s1. The number of nitriles is 1. The lowest BCUT2D eigenvalue weighted by molar-refractivity contribution is -0.123. The van der Waals surface area contributed by atoms with Gasteiger partial charge in [-0.1, -0.05) is 36.4 Å². The molecule has 144 valence electrons. The van der Waals surface area contributed by atoms with E-state index in [0.29, 0.717) is 12.2 Å². The van der Waals surface area contributed by atoms with Crippen molar-refractivity contribution in [3.05, 3.63) is 65.9 Å². The number of aromatic nitrogens is 1. The summed E-state index contributed by atoms with van der Waals surface area (Å²) in [5, 5.41) is 10.5. The molecular weight excluding hydrogens is 364 g/mol. The molecule has 0 spiro atoms. The fourth-order valence-corrected chi connectivity index (χ4v) is 4.68. The maximum atomic E-state index is 13.1. The van der Waals surface area contributed by atoms with Crippen molar-refractivity contribution in [2.24, 2.45) is 0 Å². The normalized spacial score (nSPS) is 19.6. The summed E-state index contributed by atoms with van der Waals surface area (Å²) in [7, 11) is 0. The lowest BCUT2D eigenvalue weighted by Crippen LogP contribution is -2.44. The number of amides is 2. The molecule has 5 rings (SSSR count). The van der Waals surface area contributed by atoms with E-state index < -0.39 is 6.04 Å². The first-order chi connectivity index (χ1) is 14.2. The van der Waals surface area contributed by atoms with E-state index in [0.717, 1.165) is 24.2 Å². The minimum atomic E-state index is -0.454. The van der Waals surface area contributed by atoms with Crippen LogP contribution in [0.3, 0.4) is 0 Å². The highest BCUT2D eigenvalue weighted by atomic mass is 16.2. The summed E-state index contributed by atoms with van der Waals surface area (Å²) in [5.41, 5.74) is 4.02. The Labute approximate surface area is 168 Å². The van der Waals surface area contributed by atoms with Gasteiger partial charge in [-0.15, -0.1) is 0 Å². The highest BCUT2D eigenvalue weighted by molar-refractivity contribution is 6.22. The predicted molar refractivity (Wildman–Crippen MR) is 109 cm³/mol. The molecule has 6 heteroatoms. The average molecular weight is 384 g/mol. The van der Waals surface area contributed by atoms with Crippen molar-refractivity contribution >= 4 is 28.4 Å². The number of carbonyl (C=O) groups is 2. The molecule has 1 fully saturated rings. The van der Waals surface area contributed by atoms with Gasteiger partial charge in [-0.2, -0.15) is 5.26 Å². The number of hydrogen-bond donors (Lipinski definition) is 0. The molecule has 3 aromatic rings. The second-order valence-corrected chi connectivity index (χ2v) is 7.53. The van der Waals surface area contributed by atoms with E-state index in [2.05, 4.69) is 17.0 Å². The molecule has 1 aromatic heterocycles. The highest BCUT2D eigenvalue weighted by Gasteiger charge is 2.43. The number of anilines is 1. The van der Waals surface area contributed by atoms with Crippen molar-refractivity contribution < 1.29 is 9.59 Å². The quantitative estimate of drug-likeness (QED) is 0.651. The number of benzene rings is 2. The van der Waals surface area contributed by atoms with Gasteiger partial charge in [0.15, 0.2) is 0 Å². The summed E-state index contributed by atoms with van der Waals surface area (Å²) in [6, 6.07) is 19.0. The number of rotatable bonds is 3. The van der Waals surface area contributed by atoms with Crippen molar-refractivity contribution in [2.45, 2.75) is 32.0 Å². The third-order valence-corrected chi connectivity index (χ3v) is 6.00. The lowest BCUT2D eigenvalue weighted by Gasteiger charge is -2.31. The second-order valence-electron chi connectivity index (χ2n) is 7.53. The summed E-state index contributed by atoms with van der Waals surface area (Å²) in [4.78, 5) is 29.1. The van der Waals surface area contributed by atoms with Crippen molar-refractivity contribution in [3.8, 4) is 6.07 Å². The van der Waals surface area contributed by atoms with E-state index in [9.17, 15) is 14.9 Å². The Kier molecular flexibility index (Phi) is 4.18. The average Bonchev–Trinajstić information content (AvgIpc) is 3.23. The van der Waals surface area contributed by atoms with Gasteiger partial charge in [-0.05, 0) is 30.2 Å². The first kappa shape index (κ1) is 17.7. The van der Waals surface area contributed by atoms with Crippen LogP contribution in [-0.4, -0.2) is 33.9 Å². The molecule has 2 aliphatic heterocycles. The minimum absolute atomic E-state index is 0.158. The lowest BCUT2D eigenvalue weighted by atomic mass is 10.0. The van der Waals surface area contributed by atoms with Gasteiger partial charge in [0.05, 0.1) is 24.2 Å². The topological polar surface area (TPSA) is 69.3 Å². The van der Waals surface area contributed by atoms with E-state index in [1.54, 1.807) is 12.1 Å². The van der Waals surface area contributed by atoms with Crippen LogP contribution in [-0.2, 0) is 29.1 Å². The van der Waals surface area contributed by atoms with Crippen molar-refractivity contribution in [3.63, 3.8) is 0 Å². The van der Waals surface area contributed by atoms with Crippen LogP contribution in [0.25, 0.3) is 10.9 Å². The van der Waals surface area contributed by atoms with Crippen LogP contribution in [0.2, 0.25) is 0 Å². The van der Waals surface area contributed by atoms with Crippen LogP contribution in [0.5, 0.6) is 0 Å². The van der Waals surface area contributed by atoms with Gasteiger partial charge in [0.25, 0.3) is 5.91 Å². The molecule has 0 N–H and O–H groups in total. The molecule has 0 saturated carbocycles. The zero-order chi connectivity index (χ0) is 20.0. The fourth-order valence-electron chi connectivity index (χ4n) is 4.68. The molecule has 2 aliphatic rings. The van der Waals surface area contributed by atoms with Crippen LogP contribution in [0.4, 0.5) is 5.69 Å². The number of hydrogen-bond acceptors (Lipinski definition) is 4. The second kappa shape index (κ2) is 6.87. The van der Waals surface area contributed by atoms with Crippen LogP contribution in [0.15, 0.2) is 54.6 Å². The van der Waals surface area contributed by atoms with Crippen molar-refractivity contribution in [2.75, 3.05) is 11.4 Å². The fraction of sp³-hybridized carbons (Fsp3) is 0.261. The summed E-state index contributed by atoms with van der Waals surface area (Å²) >= 11 is 0. The Balaban J connectivity index is 1.48. The molecule has 6 nitrogen and oxygen atoms in total. The van der Waals surface area contributed by atoms with E-state index in [1.165, 1.54) is 15.8 Å². The van der Waals surface area contributed by atoms with E-state index >= 15 is 0 Å². The monoisotopic (exact) mass is 384 g/mol. The van der Waals surface area contributed by atoms with Gasteiger partial charge in [0.1, 0.15) is 6.54 Å². The molecular formula is C23H20N4O2. The van der Waals surface area contributed by atoms with Gasteiger partial charge >= 0.3 is 0 Å². The molecule has 0 bridgehead atoms. The first-order valence-corrected chi connectivity index (χ1v) is 9.81. The first-order valence-electron chi connectivity index (χ1n) is 9.81. The third kappa shape index (κ3) is 2.74. The highest BCUT2D eigenvalue weighted by Crippen LogP contribution is 2.34. The number of nitrogens with zero attached hydrogens (tertiary/aromatic N) is 4. The third-order valence-electron chi connectivity index (χ3n) is 6.00. The Morgan fingerprint density at radius 1 is 1.03 bits per heavy atom.